The van der Waals surface area contributed by atoms with E-state index in [1.54, 1.807) is 0 Å². The molecule has 3 heterocycles. The average molecular weight is 362 g/mol. The first-order valence-corrected chi connectivity index (χ1v) is 9.57. The van der Waals surface area contributed by atoms with Gasteiger partial charge in [-0.2, -0.15) is 5.26 Å². The van der Waals surface area contributed by atoms with Crippen LogP contribution in [0.25, 0.3) is 11.0 Å². The number of aromatic nitrogens is 2. The average Bonchev–Trinajstić information content (AvgIpc) is 2.59. The molecule has 27 heavy (non-hydrogen) atoms. The van der Waals surface area contributed by atoms with Crippen LogP contribution in [0.15, 0.2) is 16.9 Å². The molecule has 0 amide bonds. The lowest BCUT2D eigenvalue weighted by molar-refractivity contribution is -0.0541. The van der Waals surface area contributed by atoms with Gasteiger partial charge in [0.25, 0.3) is 5.56 Å². The van der Waals surface area contributed by atoms with Gasteiger partial charge in [0.2, 0.25) is 0 Å². The van der Waals surface area contributed by atoms with Gasteiger partial charge in [0.1, 0.15) is 40.7 Å². The number of hydrogen-bond acceptors (Lipinski definition) is 5. The summed E-state index contributed by atoms with van der Waals surface area (Å²) in [5, 5.41) is 9.42. The Labute approximate surface area is 162 Å². The number of nitriles is 1. The SMILES string of the molecule is BC(B)(B)OC1(C)CCN(c2c(C#N)c(=O)[nH]c3ccc(CC)nc23)CC1. The van der Waals surface area contributed by atoms with Crippen LogP contribution in [0.5, 0.6) is 0 Å². The second-order valence-electron chi connectivity index (χ2n) is 8.49. The first-order chi connectivity index (χ1) is 12.7. The van der Waals surface area contributed by atoms with E-state index < -0.39 is 0 Å². The van der Waals surface area contributed by atoms with Crippen molar-refractivity contribution < 1.29 is 4.74 Å². The van der Waals surface area contributed by atoms with Crippen molar-refractivity contribution in [1.82, 2.24) is 9.97 Å². The number of nitrogens with one attached hydrogen (secondary N) is 1. The van der Waals surface area contributed by atoms with E-state index in [0.29, 0.717) is 16.7 Å². The molecule has 9 heteroatoms. The molecule has 0 atom stereocenters. The Hall–Kier alpha value is -2.20. The quantitative estimate of drug-likeness (QED) is 0.724. The van der Waals surface area contributed by atoms with Gasteiger partial charge in [-0.25, -0.2) is 4.98 Å². The molecule has 0 bridgehead atoms. The zero-order valence-electron chi connectivity index (χ0n) is 16.8. The monoisotopic (exact) mass is 362 g/mol. The van der Waals surface area contributed by atoms with E-state index in [4.69, 9.17) is 9.72 Å². The smallest absolute Gasteiger partial charge is 0.268 e. The Balaban J connectivity index is 2.02. The summed E-state index contributed by atoms with van der Waals surface area (Å²) in [7, 11) is 6.20. The molecule has 1 saturated heterocycles. The third-order valence-electron chi connectivity index (χ3n) is 5.05. The summed E-state index contributed by atoms with van der Waals surface area (Å²) < 4.78 is 6.28. The summed E-state index contributed by atoms with van der Waals surface area (Å²) in [5.74, 6) is 0. The molecule has 2 aromatic heterocycles. The van der Waals surface area contributed by atoms with Crippen LogP contribution >= 0.6 is 0 Å². The molecule has 0 radical (unpaired) electrons. The van der Waals surface area contributed by atoms with Gasteiger partial charge >= 0.3 is 0 Å². The lowest BCUT2D eigenvalue weighted by atomic mass is 9.52. The first-order valence-electron chi connectivity index (χ1n) is 9.57. The summed E-state index contributed by atoms with van der Waals surface area (Å²) >= 11 is 0. The second-order valence-corrected chi connectivity index (χ2v) is 8.49. The van der Waals surface area contributed by atoms with E-state index in [0.717, 1.165) is 38.0 Å². The number of fused-ring (bicyclic) bond motifs is 1. The summed E-state index contributed by atoms with van der Waals surface area (Å²) in [4.78, 5) is 22.1. The normalized spacial score (nSPS) is 17.0. The number of piperidine rings is 1. The van der Waals surface area contributed by atoms with Crippen molar-refractivity contribution in [2.24, 2.45) is 0 Å². The molecule has 1 aliphatic rings. The van der Waals surface area contributed by atoms with Crippen LogP contribution in [0.2, 0.25) is 0 Å². The summed E-state index contributed by atoms with van der Waals surface area (Å²) in [5.41, 5.74) is 2.55. The highest BCUT2D eigenvalue weighted by Crippen LogP contribution is 2.34. The van der Waals surface area contributed by atoms with Crippen LogP contribution in [-0.2, 0) is 11.2 Å². The number of nitrogens with zero attached hydrogens (tertiary/aromatic N) is 3. The Morgan fingerprint density at radius 3 is 2.59 bits per heavy atom. The first kappa shape index (κ1) is 19.6. The zero-order valence-corrected chi connectivity index (χ0v) is 16.8. The third-order valence-corrected chi connectivity index (χ3v) is 5.05. The largest absolute Gasteiger partial charge is 0.394 e. The Morgan fingerprint density at radius 1 is 1.37 bits per heavy atom. The molecule has 0 unspecified atom stereocenters. The van der Waals surface area contributed by atoms with Crippen molar-refractivity contribution in [2.45, 2.75) is 44.0 Å². The van der Waals surface area contributed by atoms with Gasteiger partial charge < -0.3 is 14.6 Å². The molecule has 0 spiro atoms. The van der Waals surface area contributed by atoms with Crippen molar-refractivity contribution in [2.75, 3.05) is 18.0 Å². The van der Waals surface area contributed by atoms with Gasteiger partial charge in [0.15, 0.2) is 0 Å². The van der Waals surface area contributed by atoms with Gasteiger partial charge in [-0.05, 0) is 43.6 Å². The Kier molecular flexibility index (Phi) is 5.13. The Morgan fingerprint density at radius 2 is 2.04 bits per heavy atom. The van der Waals surface area contributed by atoms with Gasteiger partial charge in [0, 0.05) is 18.8 Å². The molecule has 138 valence electrons. The number of hydrogen-bond donors (Lipinski definition) is 1. The molecule has 0 aliphatic carbocycles. The van der Waals surface area contributed by atoms with Crippen molar-refractivity contribution in [3.05, 3.63) is 33.7 Å². The number of ether oxygens (including phenoxy) is 1. The lowest BCUT2D eigenvalue weighted by Gasteiger charge is -2.44. The van der Waals surface area contributed by atoms with Crippen molar-refractivity contribution in [1.29, 1.82) is 5.26 Å². The molecule has 1 fully saturated rings. The number of anilines is 1. The maximum absolute atomic E-state index is 12.4. The summed E-state index contributed by atoms with van der Waals surface area (Å²) in [6, 6.07) is 5.89. The maximum atomic E-state index is 12.4. The highest BCUT2D eigenvalue weighted by atomic mass is 16.5. The summed E-state index contributed by atoms with van der Waals surface area (Å²) in [6.07, 6.45) is 2.46. The van der Waals surface area contributed by atoms with Crippen LogP contribution in [0.1, 0.15) is 37.9 Å². The molecular weight excluding hydrogens is 337 g/mol. The predicted molar refractivity (Wildman–Crippen MR) is 116 cm³/mol. The number of rotatable bonds is 4. The third kappa shape index (κ3) is 4.06. The minimum absolute atomic E-state index is 0.142. The number of aryl methyl sites for hydroxylation is 1. The van der Waals surface area contributed by atoms with Gasteiger partial charge in [-0.15, -0.1) is 0 Å². The standard InChI is InChI=1S/C18H25B3N4O2/c1-3-11-4-5-13-14(23-11)15(12(10-22)16(26)24-13)25-8-6-17(2,7-9-25)27-18(19,20)21/h4-5H,3,6-9,19-21H2,1-2H3,(H,24,26). The predicted octanol–water partition coefficient (Wildman–Crippen LogP) is -0.757. The van der Waals surface area contributed by atoms with Crippen LogP contribution in [0, 0.1) is 11.3 Å². The second kappa shape index (κ2) is 7.08. The van der Waals surface area contributed by atoms with E-state index in [-0.39, 0.29) is 22.0 Å². The molecule has 6 nitrogen and oxygen atoms in total. The fourth-order valence-electron chi connectivity index (χ4n) is 3.84. The molecule has 1 aliphatic heterocycles. The minimum atomic E-state index is -0.356. The van der Waals surface area contributed by atoms with E-state index >= 15 is 0 Å². The van der Waals surface area contributed by atoms with Gasteiger partial charge in [-0.1, -0.05) is 6.92 Å². The zero-order chi connectivity index (χ0) is 19.8. The molecular formula is C18H25B3N4O2. The van der Waals surface area contributed by atoms with E-state index in [1.165, 1.54) is 0 Å². The maximum Gasteiger partial charge on any atom is 0.268 e. The van der Waals surface area contributed by atoms with E-state index in [1.807, 2.05) is 19.1 Å². The van der Waals surface area contributed by atoms with Crippen LogP contribution in [0.4, 0.5) is 5.69 Å². The van der Waals surface area contributed by atoms with Gasteiger partial charge in [0.05, 0.1) is 16.8 Å². The summed E-state index contributed by atoms with van der Waals surface area (Å²) in [6.45, 7) is 5.63. The number of H-pyrrole nitrogens is 1. The minimum Gasteiger partial charge on any atom is -0.394 e. The molecule has 0 saturated carbocycles. The Bertz CT molecular complexity index is 954. The number of pyridine rings is 2. The lowest BCUT2D eigenvalue weighted by Crippen LogP contribution is -2.51. The highest BCUT2D eigenvalue weighted by Gasteiger charge is 2.35. The molecule has 2 aromatic rings. The van der Waals surface area contributed by atoms with Crippen LogP contribution in [-0.4, -0.2) is 57.5 Å². The van der Waals surface area contributed by atoms with Crippen LogP contribution < -0.4 is 10.5 Å². The topological polar surface area (TPSA) is 82.0 Å². The van der Waals surface area contributed by atoms with Crippen molar-refractivity contribution in [3.8, 4) is 6.07 Å². The molecule has 0 aromatic carbocycles. The van der Waals surface area contributed by atoms with Crippen molar-refractivity contribution in [3.63, 3.8) is 0 Å². The van der Waals surface area contributed by atoms with Crippen molar-refractivity contribution >= 4 is 40.3 Å². The van der Waals surface area contributed by atoms with Crippen LogP contribution in [0.3, 0.4) is 0 Å². The van der Waals surface area contributed by atoms with Gasteiger partial charge in [-0.3, -0.25) is 4.79 Å². The van der Waals surface area contributed by atoms with E-state index in [9.17, 15) is 10.1 Å². The highest BCUT2D eigenvalue weighted by molar-refractivity contribution is 6.58. The number of aromatic amines is 1. The van der Waals surface area contributed by atoms with E-state index in [2.05, 4.69) is 46.4 Å². The fraction of sp³-hybridized carbons (Fsp3) is 0.500. The fourth-order valence-corrected chi connectivity index (χ4v) is 3.84. The molecule has 1 N–H and O–H groups in total. The molecule has 3 rings (SSSR count).